The number of anilines is 1. The first-order valence-corrected chi connectivity index (χ1v) is 9.88. The predicted molar refractivity (Wildman–Crippen MR) is 104 cm³/mol. The number of aromatic nitrogens is 3. The van der Waals surface area contributed by atoms with Crippen LogP contribution in [0.1, 0.15) is 29.1 Å². The maximum Gasteiger partial charge on any atom is 0.253 e. The molecule has 0 unspecified atom stereocenters. The van der Waals surface area contributed by atoms with Crippen molar-refractivity contribution < 1.29 is 14.1 Å². The van der Waals surface area contributed by atoms with E-state index in [1.165, 1.54) is 11.3 Å². The highest BCUT2D eigenvalue weighted by Gasteiger charge is 2.28. The second kappa shape index (κ2) is 7.89. The fraction of sp³-hybridized carbons (Fsp3) is 0.316. The number of nitrogens with zero attached hydrogens (tertiary/aromatic N) is 4. The molecule has 0 bridgehead atoms. The topological polar surface area (TPSA) is 101 Å². The van der Waals surface area contributed by atoms with Gasteiger partial charge in [-0.25, -0.2) is 4.98 Å². The van der Waals surface area contributed by atoms with E-state index in [9.17, 15) is 9.59 Å². The van der Waals surface area contributed by atoms with Gasteiger partial charge in [-0.1, -0.05) is 17.3 Å². The SMILES string of the molecule is Cc1nc(-c2ccc(C(=O)N3CCC(C(=O)Nc4nccs4)CC3)cc2)no1. The largest absolute Gasteiger partial charge is 0.339 e. The Bertz CT molecular complexity index is 960. The van der Waals surface area contributed by atoms with Gasteiger partial charge in [-0.3, -0.25) is 9.59 Å². The van der Waals surface area contributed by atoms with E-state index >= 15 is 0 Å². The lowest BCUT2D eigenvalue weighted by Crippen LogP contribution is -2.41. The van der Waals surface area contributed by atoms with Crippen LogP contribution in [0.3, 0.4) is 0 Å². The Labute approximate surface area is 165 Å². The summed E-state index contributed by atoms with van der Waals surface area (Å²) in [6.45, 7) is 2.84. The molecular formula is C19H19N5O3S. The number of carbonyl (C=O) groups excluding carboxylic acids is 2. The number of nitrogens with one attached hydrogen (secondary N) is 1. The zero-order valence-corrected chi connectivity index (χ0v) is 16.1. The summed E-state index contributed by atoms with van der Waals surface area (Å²) in [5.41, 5.74) is 1.40. The zero-order chi connectivity index (χ0) is 19.5. The van der Waals surface area contributed by atoms with Crippen LogP contribution in [0.15, 0.2) is 40.4 Å². The molecule has 9 heteroatoms. The van der Waals surface area contributed by atoms with Gasteiger partial charge in [0.25, 0.3) is 5.91 Å². The molecule has 0 radical (unpaired) electrons. The maximum absolute atomic E-state index is 12.8. The van der Waals surface area contributed by atoms with Crippen LogP contribution in [0.5, 0.6) is 0 Å². The molecule has 1 fully saturated rings. The van der Waals surface area contributed by atoms with Gasteiger partial charge < -0.3 is 14.7 Å². The van der Waals surface area contributed by atoms with E-state index in [4.69, 9.17) is 4.52 Å². The average molecular weight is 397 g/mol. The number of thiazole rings is 1. The van der Waals surface area contributed by atoms with Crippen LogP contribution in [0.4, 0.5) is 5.13 Å². The molecule has 0 saturated carbocycles. The summed E-state index contributed by atoms with van der Waals surface area (Å²) in [6, 6.07) is 7.16. The minimum atomic E-state index is -0.100. The third-order valence-corrected chi connectivity index (χ3v) is 5.42. The summed E-state index contributed by atoms with van der Waals surface area (Å²) in [7, 11) is 0. The highest BCUT2D eigenvalue weighted by molar-refractivity contribution is 7.13. The van der Waals surface area contributed by atoms with Gasteiger partial charge in [0.05, 0.1) is 0 Å². The van der Waals surface area contributed by atoms with Gasteiger partial charge in [0.2, 0.25) is 17.6 Å². The van der Waals surface area contributed by atoms with Crippen molar-refractivity contribution in [2.75, 3.05) is 18.4 Å². The Balaban J connectivity index is 1.34. The van der Waals surface area contributed by atoms with E-state index in [-0.39, 0.29) is 17.7 Å². The molecule has 4 rings (SSSR count). The molecule has 0 aliphatic carbocycles. The van der Waals surface area contributed by atoms with Crippen molar-refractivity contribution in [2.24, 2.45) is 5.92 Å². The van der Waals surface area contributed by atoms with E-state index in [0.717, 1.165) is 5.56 Å². The first kappa shape index (κ1) is 18.3. The number of aryl methyl sites for hydroxylation is 1. The average Bonchev–Trinajstić information content (AvgIpc) is 3.39. The van der Waals surface area contributed by atoms with Crippen molar-refractivity contribution in [3.05, 3.63) is 47.3 Å². The van der Waals surface area contributed by atoms with E-state index in [2.05, 4.69) is 20.4 Å². The van der Waals surface area contributed by atoms with E-state index in [0.29, 0.717) is 48.3 Å². The van der Waals surface area contributed by atoms with Gasteiger partial charge in [-0.2, -0.15) is 4.98 Å². The summed E-state index contributed by atoms with van der Waals surface area (Å²) in [5.74, 6) is 0.841. The van der Waals surface area contributed by atoms with Gasteiger partial charge in [0.1, 0.15) is 0 Å². The molecule has 3 heterocycles. The molecule has 1 aliphatic heterocycles. The van der Waals surface area contributed by atoms with Gasteiger partial charge in [-0.05, 0) is 25.0 Å². The van der Waals surface area contributed by atoms with E-state index in [1.807, 2.05) is 17.5 Å². The number of piperidine rings is 1. The van der Waals surface area contributed by atoms with Crippen molar-refractivity contribution in [2.45, 2.75) is 19.8 Å². The van der Waals surface area contributed by atoms with Crippen LogP contribution < -0.4 is 5.32 Å². The van der Waals surface area contributed by atoms with Gasteiger partial charge >= 0.3 is 0 Å². The van der Waals surface area contributed by atoms with Crippen LogP contribution in [0, 0.1) is 12.8 Å². The number of rotatable bonds is 4. The fourth-order valence-corrected chi connectivity index (χ4v) is 3.73. The Morgan fingerprint density at radius 2 is 1.96 bits per heavy atom. The minimum Gasteiger partial charge on any atom is -0.339 e. The Morgan fingerprint density at radius 3 is 2.57 bits per heavy atom. The normalized spacial score (nSPS) is 14.8. The number of hydrogen-bond acceptors (Lipinski definition) is 7. The van der Waals surface area contributed by atoms with E-state index < -0.39 is 0 Å². The van der Waals surface area contributed by atoms with Crippen molar-refractivity contribution in [3.8, 4) is 11.4 Å². The Hall–Kier alpha value is -3.07. The minimum absolute atomic E-state index is 0.0261. The lowest BCUT2D eigenvalue weighted by molar-refractivity contribution is -0.121. The Kier molecular flexibility index (Phi) is 5.16. The molecule has 1 aliphatic rings. The molecule has 144 valence electrons. The third-order valence-electron chi connectivity index (χ3n) is 4.73. The lowest BCUT2D eigenvalue weighted by atomic mass is 9.95. The first-order valence-electron chi connectivity index (χ1n) is 9.00. The van der Waals surface area contributed by atoms with Crippen LogP contribution in [0.25, 0.3) is 11.4 Å². The molecule has 1 N–H and O–H groups in total. The monoisotopic (exact) mass is 397 g/mol. The molecule has 0 atom stereocenters. The number of amides is 2. The molecule has 2 aromatic heterocycles. The number of carbonyl (C=O) groups is 2. The summed E-state index contributed by atoms with van der Waals surface area (Å²) in [6.07, 6.45) is 2.94. The van der Waals surface area contributed by atoms with E-state index in [1.54, 1.807) is 30.2 Å². The van der Waals surface area contributed by atoms with Crippen LogP contribution >= 0.6 is 11.3 Å². The molecule has 8 nitrogen and oxygen atoms in total. The maximum atomic E-state index is 12.8. The highest BCUT2D eigenvalue weighted by Crippen LogP contribution is 2.23. The standard InChI is InChI=1S/C19H19N5O3S/c1-12-21-16(23-27-12)13-2-4-15(5-3-13)18(26)24-9-6-14(7-10-24)17(25)22-19-20-8-11-28-19/h2-5,8,11,14H,6-7,9-10H2,1H3,(H,20,22,25). The van der Waals surface area contributed by atoms with Crippen LogP contribution in [0.2, 0.25) is 0 Å². The summed E-state index contributed by atoms with van der Waals surface area (Å²) < 4.78 is 4.98. The summed E-state index contributed by atoms with van der Waals surface area (Å²) >= 11 is 1.40. The van der Waals surface area contributed by atoms with Gasteiger partial charge in [0.15, 0.2) is 5.13 Å². The molecule has 3 aromatic rings. The first-order chi connectivity index (χ1) is 13.6. The second-order valence-electron chi connectivity index (χ2n) is 6.61. The van der Waals surface area contributed by atoms with Crippen LogP contribution in [-0.4, -0.2) is 44.9 Å². The van der Waals surface area contributed by atoms with Crippen molar-refractivity contribution in [1.29, 1.82) is 0 Å². The molecule has 1 aromatic carbocycles. The summed E-state index contributed by atoms with van der Waals surface area (Å²) in [4.78, 5) is 35.1. The quantitative estimate of drug-likeness (QED) is 0.726. The summed E-state index contributed by atoms with van der Waals surface area (Å²) in [5, 5.41) is 9.15. The zero-order valence-electron chi connectivity index (χ0n) is 15.3. The van der Waals surface area contributed by atoms with Crippen LogP contribution in [-0.2, 0) is 4.79 Å². The Morgan fingerprint density at radius 1 is 1.21 bits per heavy atom. The van der Waals surface area contributed by atoms with Crippen molar-refractivity contribution in [1.82, 2.24) is 20.0 Å². The highest BCUT2D eigenvalue weighted by atomic mass is 32.1. The predicted octanol–water partition coefficient (Wildman–Crippen LogP) is 2.99. The molecule has 0 spiro atoms. The van der Waals surface area contributed by atoms with Gasteiger partial charge in [0, 0.05) is 48.6 Å². The second-order valence-corrected chi connectivity index (χ2v) is 7.50. The lowest BCUT2D eigenvalue weighted by Gasteiger charge is -2.31. The smallest absolute Gasteiger partial charge is 0.253 e. The van der Waals surface area contributed by atoms with Crippen molar-refractivity contribution >= 4 is 28.3 Å². The third kappa shape index (κ3) is 3.94. The molecule has 2 amide bonds. The fourth-order valence-electron chi connectivity index (χ4n) is 3.20. The van der Waals surface area contributed by atoms with Crippen molar-refractivity contribution in [3.63, 3.8) is 0 Å². The number of hydrogen-bond donors (Lipinski definition) is 1. The molecular weight excluding hydrogens is 378 g/mol. The number of benzene rings is 1. The molecule has 1 saturated heterocycles. The number of likely N-dealkylation sites (tertiary alicyclic amines) is 1. The molecule has 28 heavy (non-hydrogen) atoms. The van der Waals surface area contributed by atoms with Gasteiger partial charge in [-0.15, -0.1) is 11.3 Å².